The van der Waals surface area contributed by atoms with Gasteiger partial charge in [-0.3, -0.25) is 14.9 Å². The predicted octanol–water partition coefficient (Wildman–Crippen LogP) is 0.790. The molecule has 6 nitrogen and oxygen atoms in total. The molecule has 1 aromatic heterocycles. The quantitative estimate of drug-likeness (QED) is 0.808. The lowest BCUT2D eigenvalue weighted by atomic mass is 9.92. The van der Waals surface area contributed by atoms with E-state index in [0.717, 1.165) is 37.3 Å². The first kappa shape index (κ1) is 15.0. The Bertz CT molecular complexity index is 552. The Morgan fingerprint density at radius 1 is 1.18 bits per heavy atom. The van der Waals surface area contributed by atoms with E-state index >= 15 is 0 Å². The van der Waals surface area contributed by atoms with Crippen molar-refractivity contribution < 1.29 is 9.59 Å². The zero-order chi connectivity index (χ0) is 15.5. The maximum atomic E-state index is 11.9. The Balaban J connectivity index is 1.69. The van der Waals surface area contributed by atoms with Gasteiger partial charge in [0.25, 0.3) is 0 Å². The molecular formula is C16H22N4O2. The lowest BCUT2D eigenvalue weighted by molar-refractivity contribution is -0.134. The number of nitrogens with one attached hydrogen (secondary N) is 2. The van der Waals surface area contributed by atoms with Crippen LogP contribution in [-0.4, -0.2) is 43.0 Å². The summed E-state index contributed by atoms with van der Waals surface area (Å²) in [6.07, 6.45) is 4.97. The molecule has 2 aliphatic rings. The van der Waals surface area contributed by atoms with Crippen LogP contribution in [0.15, 0.2) is 18.3 Å². The van der Waals surface area contributed by atoms with Gasteiger partial charge in [0.05, 0.1) is 5.92 Å². The van der Waals surface area contributed by atoms with Crippen molar-refractivity contribution in [3.63, 3.8) is 0 Å². The van der Waals surface area contributed by atoms with Gasteiger partial charge in [0, 0.05) is 25.7 Å². The van der Waals surface area contributed by atoms with Gasteiger partial charge in [0.1, 0.15) is 5.82 Å². The minimum absolute atomic E-state index is 0.184. The van der Waals surface area contributed by atoms with Gasteiger partial charge in [-0.15, -0.1) is 0 Å². The van der Waals surface area contributed by atoms with Crippen molar-refractivity contribution in [1.82, 2.24) is 15.6 Å². The summed E-state index contributed by atoms with van der Waals surface area (Å²) in [5, 5.41) is 5.76. The molecule has 0 radical (unpaired) electrons. The maximum absolute atomic E-state index is 11.9. The van der Waals surface area contributed by atoms with Crippen LogP contribution in [-0.2, 0) is 9.59 Å². The lowest BCUT2D eigenvalue weighted by Gasteiger charge is -2.32. The van der Waals surface area contributed by atoms with Crippen molar-refractivity contribution in [3.8, 4) is 0 Å². The first-order chi connectivity index (χ1) is 10.6. The number of rotatable bonds is 3. The second-order valence-corrected chi connectivity index (χ2v) is 6.05. The number of carbonyl (C=O) groups excluding carboxylic acids is 2. The van der Waals surface area contributed by atoms with E-state index in [1.54, 1.807) is 6.20 Å². The summed E-state index contributed by atoms with van der Waals surface area (Å²) < 4.78 is 0. The van der Waals surface area contributed by atoms with Crippen LogP contribution >= 0.6 is 0 Å². The molecule has 0 bridgehead atoms. The molecule has 2 amide bonds. The molecule has 3 rings (SSSR count). The maximum Gasteiger partial charge on any atom is 0.234 e. The first-order valence-electron chi connectivity index (χ1n) is 7.88. The molecular weight excluding hydrogens is 280 g/mol. The van der Waals surface area contributed by atoms with Crippen LogP contribution in [0.2, 0.25) is 0 Å². The molecule has 0 aromatic carbocycles. The molecule has 2 aliphatic heterocycles. The Labute approximate surface area is 130 Å². The topological polar surface area (TPSA) is 74.3 Å². The van der Waals surface area contributed by atoms with Gasteiger partial charge in [-0.2, -0.15) is 0 Å². The highest BCUT2D eigenvalue weighted by atomic mass is 16.2. The summed E-state index contributed by atoms with van der Waals surface area (Å²) in [5.74, 6) is 0.278. The van der Waals surface area contributed by atoms with Gasteiger partial charge in [-0.05, 0) is 44.0 Å². The van der Waals surface area contributed by atoms with E-state index in [9.17, 15) is 9.59 Å². The zero-order valence-corrected chi connectivity index (χ0v) is 12.8. The molecule has 1 aromatic rings. The van der Waals surface area contributed by atoms with Crippen LogP contribution < -0.4 is 15.5 Å². The number of aromatic nitrogens is 1. The highest BCUT2D eigenvalue weighted by molar-refractivity contribution is 6.00. The van der Waals surface area contributed by atoms with Crippen molar-refractivity contribution in [3.05, 3.63) is 23.9 Å². The summed E-state index contributed by atoms with van der Waals surface area (Å²) in [4.78, 5) is 29.8. The molecule has 0 spiro atoms. The van der Waals surface area contributed by atoms with Gasteiger partial charge in [-0.25, -0.2) is 4.98 Å². The van der Waals surface area contributed by atoms with E-state index in [0.29, 0.717) is 18.9 Å². The molecule has 22 heavy (non-hydrogen) atoms. The number of hydrogen-bond donors (Lipinski definition) is 2. The lowest BCUT2D eigenvalue weighted by Crippen LogP contribution is -2.41. The highest BCUT2D eigenvalue weighted by Gasteiger charge is 2.28. The number of anilines is 1. The van der Waals surface area contributed by atoms with E-state index < -0.39 is 0 Å². The average Bonchev–Trinajstić information content (AvgIpc) is 2.55. The first-order valence-corrected chi connectivity index (χ1v) is 7.88. The van der Waals surface area contributed by atoms with Crippen LogP contribution in [0.4, 0.5) is 5.82 Å². The normalized spacial score (nSPS) is 23.2. The largest absolute Gasteiger partial charge is 0.357 e. The summed E-state index contributed by atoms with van der Waals surface area (Å²) in [7, 11) is 2.07. The van der Waals surface area contributed by atoms with Gasteiger partial charge in [0.2, 0.25) is 11.8 Å². The monoisotopic (exact) mass is 302 g/mol. The number of pyridine rings is 1. The van der Waals surface area contributed by atoms with Crippen molar-refractivity contribution >= 4 is 17.6 Å². The second-order valence-electron chi connectivity index (χ2n) is 6.05. The van der Waals surface area contributed by atoms with Gasteiger partial charge < -0.3 is 10.2 Å². The van der Waals surface area contributed by atoms with E-state index in [-0.39, 0.29) is 17.7 Å². The van der Waals surface area contributed by atoms with Gasteiger partial charge in [-0.1, -0.05) is 6.07 Å². The smallest absolute Gasteiger partial charge is 0.234 e. The molecule has 1 unspecified atom stereocenters. The predicted molar refractivity (Wildman–Crippen MR) is 83.7 cm³/mol. The standard InChI is InChI=1S/C16H22N4O2/c1-20(12-6-8-17-9-7-12)14-4-2-11(10-18-14)13-3-5-15(21)19-16(13)22/h2,4,10,12-13,17H,3,5-9H2,1H3,(H,19,21,22). The number of imide groups is 1. The molecule has 118 valence electrons. The van der Waals surface area contributed by atoms with Crippen LogP contribution in [0.3, 0.4) is 0 Å². The number of piperidine rings is 2. The highest BCUT2D eigenvalue weighted by Crippen LogP contribution is 2.26. The van der Waals surface area contributed by atoms with Crippen LogP contribution in [0.5, 0.6) is 0 Å². The molecule has 2 N–H and O–H groups in total. The second kappa shape index (κ2) is 6.44. The average molecular weight is 302 g/mol. The number of hydrogen-bond acceptors (Lipinski definition) is 5. The van der Waals surface area contributed by atoms with Gasteiger partial charge in [0.15, 0.2) is 0 Å². The van der Waals surface area contributed by atoms with E-state index in [1.807, 2.05) is 12.1 Å². The number of carbonyl (C=O) groups is 2. The fourth-order valence-electron chi connectivity index (χ4n) is 3.20. The van der Waals surface area contributed by atoms with E-state index in [1.165, 1.54) is 0 Å². The minimum Gasteiger partial charge on any atom is -0.357 e. The Kier molecular flexibility index (Phi) is 4.38. The van der Waals surface area contributed by atoms with Crippen LogP contribution in [0.25, 0.3) is 0 Å². The Hall–Kier alpha value is -1.95. The van der Waals surface area contributed by atoms with Crippen molar-refractivity contribution in [1.29, 1.82) is 0 Å². The Morgan fingerprint density at radius 2 is 1.95 bits per heavy atom. The molecule has 1 atom stereocenters. The summed E-state index contributed by atoms with van der Waals surface area (Å²) in [6.45, 7) is 2.09. The summed E-state index contributed by atoms with van der Waals surface area (Å²) in [6, 6.07) is 4.44. The number of nitrogens with zero attached hydrogens (tertiary/aromatic N) is 2. The molecule has 2 fully saturated rings. The van der Waals surface area contributed by atoms with Crippen molar-refractivity contribution in [2.24, 2.45) is 0 Å². The third-order valence-corrected chi connectivity index (χ3v) is 4.63. The van der Waals surface area contributed by atoms with Crippen molar-refractivity contribution in [2.75, 3.05) is 25.0 Å². The summed E-state index contributed by atoms with van der Waals surface area (Å²) in [5.41, 5.74) is 0.882. The third-order valence-electron chi connectivity index (χ3n) is 4.63. The molecule has 3 heterocycles. The SMILES string of the molecule is CN(c1ccc(C2CCC(=O)NC2=O)cn1)C1CCNCC1. The van der Waals surface area contributed by atoms with Crippen LogP contribution in [0, 0.1) is 0 Å². The van der Waals surface area contributed by atoms with Crippen LogP contribution in [0.1, 0.15) is 37.2 Å². The zero-order valence-electron chi connectivity index (χ0n) is 12.8. The fraction of sp³-hybridized carbons (Fsp3) is 0.562. The summed E-state index contributed by atoms with van der Waals surface area (Å²) >= 11 is 0. The van der Waals surface area contributed by atoms with Gasteiger partial charge >= 0.3 is 0 Å². The fourth-order valence-corrected chi connectivity index (χ4v) is 3.20. The molecule has 6 heteroatoms. The van der Waals surface area contributed by atoms with Crippen molar-refractivity contribution in [2.45, 2.75) is 37.6 Å². The number of amides is 2. The minimum atomic E-state index is -0.261. The van der Waals surface area contributed by atoms with E-state index in [2.05, 4.69) is 27.6 Å². The molecule has 2 saturated heterocycles. The third kappa shape index (κ3) is 3.11. The Morgan fingerprint density at radius 3 is 2.59 bits per heavy atom. The molecule has 0 saturated carbocycles. The van der Waals surface area contributed by atoms with E-state index in [4.69, 9.17) is 0 Å². The molecule has 0 aliphatic carbocycles.